The number of nitrogens with zero attached hydrogens (tertiary/aromatic N) is 4. The molecule has 7 heteroatoms. The van der Waals surface area contributed by atoms with Crippen LogP contribution in [0.25, 0.3) is 11.3 Å². The lowest BCUT2D eigenvalue weighted by molar-refractivity contribution is -0.116. The fourth-order valence-corrected chi connectivity index (χ4v) is 2.91. The van der Waals surface area contributed by atoms with Gasteiger partial charge in [-0.15, -0.1) is 0 Å². The van der Waals surface area contributed by atoms with E-state index >= 15 is 0 Å². The van der Waals surface area contributed by atoms with E-state index in [1.165, 1.54) is 11.8 Å². The summed E-state index contributed by atoms with van der Waals surface area (Å²) in [5.41, 5.74) is 3.85. The van der Waals surface area contributed by atoms with Crippen LogP contribution in [0.1, 0.15) is 22.8 Å². The van der Waals surface area contributed by atoms with Crippen molar-refractivity contribution in [3.63, 3.8) is 0 Å². The highest BCUT2D eigenvalue weighted by molar-refractivity contribution is 6.03. The zero-order valence-corrected chi connectivity index (χ0v) is 17.6. The molecule has 0 aliphatic rings. The van der Waals surface area contributed by atoms with E-state index in [1.807, 2.05) is 55.4 Å². The van der Waals surface area contributed by atoms with E-state index in [-0.39, 0.29) is 11.8 Å². The smallest absolute Gasteiger partial charge is 0.255 e. The molecule has 30 heavy (non-hydrogen) atoms. The molecule has 3 rings (SSSR count). The summed E-state index contributed by atoms with van der Waals surface area (Å²) in [6, 6.07) is 15.1. The van der Waals surface area contributed by atoms with Crippen molar-refractivity contribution in [2.24, 2.45) is 0 Å². The number of hydrogen-bond acceptors (Lipinski definition) is 5. The van der Waals surface area contributed by atoms with Gasteiger partial charge in [0.25, 0.3) is 5.91 Å². The summed E-state index contributed by atoms with van der Waals surface area (Å²) in [5.74, 6) is -0.190. The van der Waals surface area contributed by atoms with Crippen LogP contribution in [-0.2, 0) is 11.3 Å². The van der Waals surface area contributed by atoms with E-state index in [0.717, 1.165) is 16.8 Å². The van der Waals surface area contributed by atoms with Crippen LogP contribution in [0.4, 0.5) is 11.5 Å². The van der Waals surface area contributed by atoms with Crippen LogP contribution in [0.2, 0.25) is 0 Å². The Morgan fingerprint density at radius 2 is 1.83 bits per heavy atom. The number of hydrogen-bond donors (Lipinski definition) is 1. The van der Waals surface area contributed by atoms with Gasteiger partial charge in [-0.2, -0.15) is 0 Å². The first-order valence-corrected chi connectivity index (χ1v) is 9.57. The van der Waals surface area contributed by atoms with Gasteiger partial charge in [0.05, 0.1) is 11.3 Å². The lowest BCUT2D eigenvalue weighted by atomic mass is 10.1. The van der Waals surface area contributed by atoms with Gasteiger partial charge >= 0.3 is 0 Å². The third kappa shape index (κ3) is 4.81. The van der Waals surface area contributed by atoms with Crippen molar-refractivity contribution < 1.29 is 9.59 Å². The van der Waals surface area contributed by atoms with Gasteiger partial charge in [0, 0.05) is 58.3 Å². The second-order valence-electron chi connectivity index (χ2n) is 7.13. The van der Waals surface area contributed by atoms with Crippen LogP contribution < -0.4 is 15.1 Å². The van der Waals surface area contributed by atoms with Crippen LogP contribution in [0.3, 0.4) is 0 Å². The number of pyridine rings is 2. The Morgan fingerprint density at radius 3 is 2.50 bits per heavy atom. The van der Waals surface area contributed by atoms with Crippen molar-refractivity contribution in [2.75, 3.05) is 30.9 Å². The lowest BCUT2D eigenvalue weighted by Crippen LogP contribution is -2.30. The zero-order valence-electron chi connectivity index (χ0n) is 17.6. The van der Waals surface area contributed by atoms with E-state index in [4.69, 9.17) is 0 Å². The maximum Gasteiger partial charge on any atom is 0.255 e. The average Bonchev–Trinajstić information content (AvgIpc) is 2.77. The first kappa shape index (κ1) is 21.0. The van der Waals surface area contributed by atoms with Crippen LogP contribution in [0.5, 0.6) is 0 Å². The van der Waals surface area contributed by atoms with Gasteiger partial charge in [-0.1, -0.05) is 18.2 Å². The second-order valence-corrected chi connectivity index (χ2v) is 7.13. The summed E-state index contributed by atoms with van der Waals surface area (Å²) in [5, 5.41) is 2.87. The highest BCUT2D eigenvalue weighted by atomic mass is 16.2. The maximum atomic E-state index is 12.8. The van der Waals surface area contributed by atoms with Crippen molar-refractivity contribution in [2.45, 2.75) is 13.5 Å². The van der Waals surface area contributed by atoms with Gasteiger partial charge in [0.15, 0.2) is 0 Å². The summed E-state index contributed by atoms with van der Waals surface area (Å²) in [7, 11) is 5.55. The van der Waals surface area contributed by atoms with Gasteiger partial charge in [-0.3, -0.25) is 19.5 Å². The van der Waals surface area contributed by atoms with E-state index in [2.05, 4.69) is 15.3 Å². The molecule has 2 heterocycles. The minimum Gasteiger partial charge on any atom is -0.378 e. The predicted molar refractivity (Wildman–Crippen MR) is 118 cm³/mol. The Balaban J connectivity index is 1.94. The molecule has 0 saturated carbocycles. The fraction of sp³-hybridized carbons (Fsp3) is 0.217. The molecule has 2 aromatic heterocycles. The van der Waals surface area contributed by atoms with Gasteiger partial charge in [0.1, 0.15) is 5.82 Å². The molecule has 0 unspecified atom stereocenters. The molecular formula is C23H25N5O2. The van der Waals surface area contributed by atoms with Crippen LogP contribution in [0, 0.1) is 0 Å². The summed E-state index contributed by atoms with van der Waals surface area (Å²) in [6.45, 7) is 1.78. The number of rotatable bonds is 6. The zero-order chi connectivity index (χ0) is 21.7. The third-order valence-electron chi connectivity index (χ3n) is 4.74. The molecule has 0 bridgehead atoms. The Morgan fingerprint density at radius 1 is 1.03 bits per heavy atom. The Hall–Kier alpha value is -3.74. The number of aromatic nitrogens is 2. The van der Waals surface area contributed by atoms with Crippen molar-refractivity contribution in [3.8, 4) is 11.3 Å². The normalized spacial score (nSPS) is 10.4. The third-order valence-corrected chi connectivity index (χ3v) is 4.74. The number of anilines is 2. The number of carbonyl (C=O) groups is 2. The van der Waals surface area contributed by atoms with Gasteiger partial charge < -0.3 is 10.2 Å². The summed E-state index contributed by atoms with van der Waals surface area (Å²) in [6.07, 6.45) is 3.38. The number of carbonyl (C=O) groups excluding carboxylic acids is 2. The molecule has 1 N–H and O–H groups in total. The SMILES string of the molecule is CC(=O)N(C)c1nc(-c2cccc(N(C)C)c2)ccc1C(=O)NCc1cccnc1. The van der Waals surface area contributed by atoms with Crippen molar-refractivity contribution in [1.29, 1.82) is 0 Å². The largest absolute Gasteiger partial charge is 0.378 e. The second kappa shape index (κ2) is 9.17. The molecular weight excluding hydrogens is 378 g/mol. The van der Waals surface area contributed by atoms with Crippen LogP contribution in [-0.4, -0.2) is 42.9 Å². The Bertz CT molecular complexity index is 1050. The van der Waals surface area contributed by atoms with Gasteiger partial charge in [-0.25, -0.2) is 4.98 Å². The highest BCUT2D eigenvalue weighted by Gasteiger charge is 2.19. The Labute approximate surface area is 176 Å². The highest BCUT2D eigenvalue weighted by Crippen LogP contribution is 2.26. The molecule has 7 nitrogen and oxygen atoms in total. The quantitative estimate of drug-likeness (QED) is 0.684. The van der Waals surface area contributed by atoms with E-state index in [0.29, 0.717) is 23.6 Å². The van der Waals surface area contributed by atoms with Crippen molar-refractivity contribution in [3.05, 3.63) is 72.1 Å². The lowest BCUT2D eigenvalue weighted by Gasteiger charge is -2.19. The molecule has 3 aromatic rings. The van der Waals surface area contributed by atoms with E-state index in [1.54, 1.807) is 31.6 Å². The molecule has 0 aliphatic heterocycles. The fourth-order valence-electron chi connectivity index (χ4n) is 2.91. The van der Waals surface area contributed by atoms with Crippen molar-refractivity contribution in [1.82, 2.24) is 15.3 Å². The maximum absolute atomic E-state index is 12.8. The minimum atomic E-state index is -0.303. The minimum absolute atomic E-state index is 0.206. The molecule has 0 atom stereocenters. The van der Waals surface area contributed by atoms with E-state index < -0.39 is 0 Å². The molecule has 1 aromatic carbocycles. The molecule has 2 amide bonds. The van der Waals surface area contributed by atoms with Gasteiger partial charge in [0.2, 0.25) is 5.91 Å². The molecule has 0 aliphatic carbocycles. The number of amides is 2. The summed E-state index contributed by atoms with van der Waals surface area (Å²) < 4.78 is 0. The molecule has 0 fully saturated rings. The van der Waals surface area contributed by atoms with Crippen molar-refractivity contribution >= 4 is 23.3 Å². The topological polar surface area (TPSA) is 78.4 Å². The monoisotopic (exact) mass is 403 g/mol. The molecule has 0 radical (unpaired) electrons. The molecule has 0 saturated heterocycles. The standard InChI is InChI=1S/C23H25N5O2/c1-16(29)28(4)22-20(23(30)25-15-17-7-6-12-24-14-17)10-11-21(26-22)18-8-5-9-19(13-18)27(2)3/h5-14H,15H2,1-4H3,(H,25,30). The average molecular weight is 403 g/mol. The van der Waals surface area contributed by atoms with Crippen LogP contribution in [0.15, 0.2) is 60.9 Å². The van der Waals surface area contributed by atoms with Crippen LogP contribution >= 0.6 is 0 Å². The first-order chi connectivity index (χ1) is 14.4. The number of benzene rings is 1. The predicted octanol–water partition coefficient (Wildman–Crippen LogP) is 3.12. The first-order valence-electron chi connectivity index (χ1n) is 9.57. The van der Waals surface area contributed by atoms with E-state index in [9.17, 15) is 9.59 Å². The Kier molecular flexibility index (Phi) is 6.41. The molecule has 154 valence electrons. The van der Waals surface area contributed by atoms with Gasteiger partial charge in [-0.05, 0) is 35.9 Å². The molecule has 0 spiro atoms. The summed E-state index contributed by atoms with van der Waals surface area (Å²) >= 11 is 0. The summed E-state index contributed by atoms with van der Waals surface area (Å²) in [4.78, 5) is 37.0. The number of nitrogens with one attached hydrogen (secondary N) is 1.